The third-order valence-electron chi connectivity index (χ3n) is 3.25. The molecule has 0 bridgehead atoms. The van der Waals surface area contributed by atoms with E-state index in [9.17, 15) is 9.59 Å². The lowest BCUT2D eigenvalue weighted by molar-refractivity contribution is 0.0946. The molecule has 0 spiro atoms. The molecular weight excluding hydrogens is 334 g/mol. The van der Waals surface area contributed by atoms with Crippen LogP contribution in [0.25, 0.3) is 11.0 Å². The van der Waals surface area contributed by atoms with E-state index in [1.54, 1.807) is 0 Å². The second kappa shape index (κ2) is 7.90. The normalized spacial score (nSPS) is 40.8. The number of hydrogen-bond donors (Lipinski definition) is 3. The summed E-state index contributed by atoms with van der Waals surface area (Å²) < 4.78 is 167. The summed E-state index contributed by atoms with van der Waals surface area (Å²) in [6.45, 7) is -20.1. The van der Waals surface area contributed by atoms with Gasteiger partial charge in [-0.05, 0) is 52.4 Å². The summed E-state index contributed by atoms with van der Waals surface area (Å²) in [5, 5.41) is 9.00. The summed E-state index contributed by atoms with van der Waals surface area (Å²) in [6, 6.07) is -3.83. The maximum absolute atomic E-state index is 13.7. The van der Waals surface area contributed by atoms with E-state index in [1.165, 1.54) is 0 Å². The summed E-state index contributed by atoms with van der Waals surface area (Å²) in [6.07, 6.45) is -12.0. The number of pyridine rings is 1. The molecule has 2 unspecified atom stereocenters. The third-order valence-corrected chi connectivity index (χ3v) is 3.25. The van der Waals surface area contributed by atoms with Crippen molar-refractivity contribution in [3.05, 3.63) is 22.1 Å². The Bertz CT molecular complexity index is 1550. The number of aromatic hydroxyl groups is 1. The van der Waals surface area contributed by atoms with Crippen molar-refractivity contribution >= 4 is 16.9 Å². The van der Waals surface area contributed by atoms with E-state index < -0.39 is 110 Å². The zero-order chi connectivity index (χ0) is 36.9. The van der Waals surface area contributed by atoms with Crippen LogP contribution in [0.5, 0.6) is 5.75 Å². The SMILES string of the molecule is [2H]Oc1c(C(=O)N([2H])C([2H])CC([2H])N2C([2H])([2H])C([2H])([2H])C([2H])([2H])C([2H])([2H])C2([2H])[2H])c(=O)n(C([2H])(C([2H])([2H])[2H])C([2H])([2H])[2H])c2[nH]ncc12. The Morgan fingerprint density at radius 3 is 3.15 bits per heavy atom. The number of carbonyl (C=O) groups excluding carboxylic acids is 1. The molecule has 0 aliphatic carbocycles. The number of nitrogens with one attached hydrogen (secondary N) is 2. The second-order valence-electron chi connectivity index (χ2n) is 4.83. The van der Waals surface area contributed by atoms with E-state index in [0.717, 1.165) is 6.20 Å². The number of H-pyrrole nitrogens is 1. The molecule has 1 amide bonds. The topological polar surface area (TPSA) is 103 Å². The predicted molar refractivity (Wildman–Crippen MR) is 99.6 cm³/mol. The van der Waals surface area contributed by atoms with Crippen LogP contribution < -0.4 is 10.9 Å². The van der Waals surface area contributed by atoms with Crippen molar-refractivity contribution < 1.29 is 37.4 Å². The molecule has 1 aliphatic rings. The summed E-state index contributed by atoms with van der Waals surface area (Å²) in [7, 11) is 0. The van der Waals surface area contributed by atoms with Crippen molar-refractivity contribution in [3.63, 3.8) is 0 Å². The van der Waals surface area contributed by atoms with Crippen LogP contribution in [0.3, 0.4) is 0 Å². The number of amides is 1. The van der Waals surface area contributed by atoms with E-state index >= 15 is 0 Å². The molecule has 26 heavy (non-hydrogen) atoms. The van der Waals surface area contributed by atoms with Gasteiger partial charge in [-0.2, -0.15) is 5.10 Å². The van der Waals surface area contributed by atoms with Gasteiger partial charge in [0.15, 0.2) is 1.41 Å². The first-order valence-electron chi connectivity index (χ1n) is 17.6. The minimum Gasteiger partial charge on any atom is -0.506 e. The highest BCUT2D eigenvalue weighted by molar-refractivity contribution is 6.01. The molecule has 2 atom stereocenters. The summed E-state index contributed by atoms with van der Waals surface area (Å²) >= 11 is 0. The summed E-state index contributed by atoms with van der Waals surface area (Å²) in [5.74, 6) is -2.94. The van der Waals surface area contributed by atoms with Crippen LogP contribution >= 0.6 is 0 Å². The van der Waals surface area contributed by atoms with Crippen LogP contribution in [-0.2, 0) is 0 Å². The minimum atomic E-state index is -3.83. The molecule has 8 heteroatoms. The van der Waals surface area contributed by atoms with Crippen molar-refractivity contribution in [2.45, 2.75) is 45.3 Å². The lowest BCUT2D eigenvalue weighted by Gasteiger charge is -2.26. The van der Waals surface area contributed by atoms with Gasteiger partial charge in [0.25, 0.3) is 12.9 Å². The van der Waals surface area contributed by atoms with E-state index in [-0.39, 0.29) is 9.47 Å². The molecule has 2 aromatic rings. The Morgan fingerprint density at radius 2 is 2.42 bits per heavy atom. The highest BCUT2D eigenvalue weighted by Crippen LogP contribution is 2.26. The monoisotopic (exact) mass is 382 g/mol. The Hall–Kier alpha value is -2.35. The van der Waals surface area contributed by atoms with Crippen LogP contribution in [0, 0.1) is 0 Å². The molecular formula is C18H27N5O3. The lowest BCUT2D eigenvalue weighted by Crippen LogP contribution is -2.36. The largest absolute Gasteiger partial charge is 0.506 e. The average molecular weight is 383 g/mol. The van der Waals surface area contributed by atoms with Gasteiger partial charge in [0, 0.05) is 37.2 Å². The molecule has 3 heterocycles. The van der Waals surface area contributed by atoms with Crippen LogP contribution in [0.15, 0.2) is 11.0 Å². The first-order valence-corrected chi connectivity index (χ1v) is 7.06. The molecule has 2 aromatic heterocycles. The third kappa shape index (κ3) is 3.60. The van der Waals surface area contributed by atoms with Crippen molar-refractivity contribution in [2.75, 3.05) is 26.0 Å². The predicted octanol–water partition coefficient (Wildman–Crippen LogP) is 1.62. The first kappa shape index (κ1) is 5.58. The maximum Gasteiger partial charge on any atom is 0.293 e. The number of rotatable bonds is 7. The van der Waals surface area contributed by atoms with Gasteiger partial charge in [0.2, 0.25) is 0 Å². The molecule has 3 rings (SSSR count). The number of piperidine rings is 1. The first-order chi connectivity index (χ1) is 20.8. The van der Waals surface area contributed by atoms with Crippen molar-refractivity contribution in [2.24, 2.45) is 0 Å². The number of nitrogens with zero attached hydrogens (tertiary/aromatic N) is 3. The van der Waals surface area contributed by atoms with Crippen LogP contribution in [0.4, 0.5) is 0 Å². The number of aromatic nitrogens is 3. The number of fused-ring (bicyclic) bond motifs is 1. The molecule has 3 N–H and O–H groups in total. The smallest absolute Gasteiger partial charge is 0.293 e. The van der Waals surface area contributed by atoms with E-state index in [1.807, 2.05) is 0 Å². The molecule has 1 aliphatic heterocycles. The fourth-order valence-electron chi connectivity index (χ4n) is 2.14. The quantitative estimate of drug-likeness (QED) is 0.675. The van der Waals surface area contributed by atoms with Crippen LogP contribution in [-0.4, -0.2) is 58.1 Å². The summed E-state index contributed by atoms with van der Waals surface area (Å²) in [5.41, 5.74) is -4.15. The van der Waals surface area contributed by atoms with Crippen LogP contribution in [0.2, 0.25) is 1.41 Å². The van der Waals surface area contributed by atoms with Gasteiger partial charge in [-0.1, -0.05) is 6.37 Å². The van der Waals surface area contributed by atoms with E-state index in [2.05, 4.69) is 15.3 Å². The fourth-order valence-corrected chi connectivity index (χ4v) is 2.14. The fraction of sp³-hybridized carbons (Fsp3) is 0.611. The molecule has 1 saturated heterocycles. The van der Waals surface area contributed by atoms with E-state index in [4.69, 9.17) is 28.9 Å². The molecule has 0 aromatic carbocycles. The van der Waals surface area contributed by atoms with Gasteiger partial charge in [0.1, 0.15) is 17.0 Å². The average Bonchev–Trinajstić information content (AvgIpc) is 3.37. The zero-order valence-corrected chi connectivity index (χ0v) is 13.0. The molecule has 142 valence electrons. The number of aromatic amines is 1. The van der Waals surface area contributed by atoms with Crippen molar-refractivity contribution in [1.82, 2.24) is 25.0 Å². The van der Waals surface area contributed by atoms with Crippen molar-refractivity contribution in [1.29, 1.82) is 1.43 Å². The van der Waals surface area contributed by atoms with Gasteiger partial charge in [-0.25, -0.2) is 0 Å². The Kier molecular flexibility index (Phi) is 1.69. The molecule has 1 fully saturated rings. The second-order valence-corrected chi connectivity index (χ2v) is 4.83. The standard InChI is InChI=1S/C18H27N5O3/c1-12(2)23-16-13(11-20-21-16)15(24)14(18(23)26)17(25)19-7-6-10-22-8-4-3-5-9-22/h11-12,24H,3-10H2,1-2H3,(H,19,25)(H,20,21)/i1D3,2D3,3D2,4D2,5D2,7D,8D2,9D2,10D,12D/hD2. The van der Waals surface area contributed by atoms with Gasteiger partial charge in [0.05, 0.1) is 13.0 Å². The lowest BCUT2D eigenvalue weighted by atomic mass is 10.1. The number of likely N-dealkylation sites (tertiary alicyclic amines) is 1. The van der Waals surface area contributed by atoms with Crippen molar-refractivity contribution in [3.8, 4) is 5.75 Å². The Morgan fingerprint density at radius 1 is 1.62 bits per heavy atom. The van der Waals surface area contributed by atoms with E-state index in [0.29, 0.717) is 0 Å². The minimum absolute atomic E-state index is 0.167. The maximum atomic E-state index is 13.7. The Labute approximate surface area is 181 Å². The zero-order valence-electron chi connectivity index (χ0n) is 34.0. The van der Waals surface area contributed by atoms with Gasteiger partial charge in [-0.15, -0.1) is 0 Å². The van der Waals surface area contributed by atoms with Gasteiger partial charge in [-0.3, -0.25) is 19.3 Å². The Balaban J connectivity index is 2.16. The molecule has 0 saturated carbocycles. The van der Waals surface area contributed by atoms with Gasteiger partial charge >= 0.3 is 0 Å². The highest BCUT2D eigenvalue weighted by atomic mass is 16.3. The van der Waals surface area contributed by atoms with Gasteiger partial charge < -0.3 is 15.3 Å². The number of hydrogen-bond acceptors (Lipinski definition) is 5. The number of carbonyl (C=O) groups is 1. The molecule has 8 nitrogen and oxygen atoms in total. The molecule has 0 radical (unpaired) electrons. The summed E-state index contributed by atoms with van der Waals surface area (Å²) in [4.78, 5) is 26.9. The van der Waals surface area contributed by atoms with Crippen LogP contribution in [0.1, 0.15) is 81.7 Å². The highest BCUT2D eigenvalue weighted by Gasteiger charge is 2.24.